The van der Waals surface area contributed by atoms with Crippen molar-refractivity contribution >= 4 is 25.0 Å². The zero-order valence-corrected chi connectivity index (χ0v) is 9.07. The molecule has 7 heteroatoms. The lowest BCUT2D eigenvalue weighted by Crippen LogP contribution is -2.17. The summed E-state index contributed by atoms with van der Waals surface area (Å²) in [6.07, 6.45) is 2.14. The Morgan fingerprint density at radius 1 is 1.11 bits per heavy atom. The number of carbonyl (C=O) groups is 3. The third kappa shape index (κ3) is 2.76. The molecule has 0 unspecified atom stereocenters. The number of allylic oxidation sites excluding steroid dienone is 1. The quantitative estimate of drug-likeness (QED) is 0.253. The van der Waals surface area contributed by atoms with Crippen molar-refractivity contribution in [3.63, 3.8) is 0 Å². The van der Waals surface area contributed by atoms with E-state index in [0.29, 0.717) is 5.56 Å². The monoisotopic (exact) mass is 246 g/mol. The minimum absolute atomic E-state index is 0.286. The van der Waals surface area contributed by atoms with Crippen LogP contribution in [0.1, 0.15) is 10.4 Å². The van der Waals surface area contributed by atoms with Gasteiger partial charge in [0.15, 0.2) is 5.78 Å². The predicted molar refractivity (Wildman–Crippen MR) is 58.9 cm³/mol. The first-order valence-electron chi connectivity index (χ1n) is 5.00. The van der Waals surface area contributed by atoms with E-state index in [-0.39, 0.29) is 5.78 Å². The Hall–Kier alpha value is -2.57. The van der Waals surface area contributed by atoms with Crippen molar-refractivity contribution in [3.8, 4) is 0 Å². The Kier molecular flexibility index (Phi) is 3.42. The number of ketones is 1. The number of hydrogen-bond acceptors (Lipinski definition) is 6. The number of hydrogen-bond donors (Lipinski definition) is 0. The summed E-state index contributed by atoms with van der Waals surface area (Å²) in [7, 11) is -1.43. The van der Waals surface area contributed by atoms with Crippen molar-refractivity contribution in [2.75, 3.05) is 0 Å². The van der Waals surface area contributed by atoms with Crippen LogP contribution in [0.5, 0.6) is 0 Å². The Bertz CT molecular complexity index is 494. The van der Waals surface area contributed by atoms with E-state index in [9.17, 15) is 14.4 Å². The lowest BCUT2D eigenvalue weighted by molar-refractivity contribution is -0.150. The van der Waals surface area contributed by atoms with Crippen LogP contribution in [0.4, 0.5) is 0 Å². The van der Waals surface area contributed by atoms with Crippen molar-refractivity contribution < 1.29 is 28.3 Å². The van der Waals surface area contributed by atoms with Crippen molar-refractivity contribution in [3.05, 3.63) is 48.2 Å². The van der Waals surface area contributed by atoms with Gasteiger partial charge in [-0.05, 0) is 0 Å². The van der Waals surface area contributed by atoms with Crippen molar-refractivity contribution in [1.29, 1.82) is 0 Å². The van der Waals surface area contributed by atoms with Gasteiger partial charge in [0.05, 0.1) is 6.26 Å². The van der Waals surface area contributed by atoms with Crippen LogP contribution >= 0.6 is 0 Å². The Balaban J connectivity index is 1.87. The molecular formula is C11H7BO6. The molecule has 1 fully saturated rings. The molecule has 0 spiro atoms. The van der Waals surface area contributed by atoms with Crippen LogP contribution in [0.2, 0.25) is 0 Å². The van der Waals surface area contributed by atoms with Gasteiger partial charge in [-0.15, -0.1) is 0 Å². The first-order valence-corrected chi connectivity index (χ1v) is 5.00. The van der Waals surface area contributed by atoms with Crippen LogP contribution in [0.15, 0.2) is 42.7 Å². The third-order valence-electron chi connectivity index (χ3n) is 2.04. The summed E-state index contributed by atoms with van der Waals surface area (Å²) < 4.78 is 13.5. The van der Waals surface area contributed by atoms with Crippen LogP contribution < -0.4 is 0 Å². The maximum absolute atomic E-state index is 11.6. The molecule has 1 aliphatic rings. The Morgan fingerprint density at radius 3 is 2.33 bits per heavy atom. The van der Waals surface area contributed by atoms with Crippen LogP contribution in [0.25, 0.3) is 0 Å². The molecule has 0 saturated carbocycles. The zero-order valence-electron chi connectivity index (χ0n) is 9.07. The molecular weight excluding hydrogens is 239 g/mol. The Morgan fingerprint density at radius 2 is 1.72 bits per heavy atom. The lowest BCUT2D eigenvalue weighted by atomic mass is 10.1. The average molecular weight is 246 g/mol. The molecule has 0 atom stereocenters. The second-order valence-corrected chi connectivity index (χ2v) is 3.27. The van der Waals surface area contributed by atoms with Gasteiger partial charge < -0.3 is 14.0 Å². The minimum atomic E-state index is -1.43. The van der Waals surface area contributed by atoms with Gasteiger partial charge in [0.1, 0.15) is 0 Å². The molecule has 6 nitrogen and oxygen atoms in total. The van der Waals surface area contributed by atoms with Gasteiger partial charge in [-0.2, -0.15) is 0 Å². The van der Waals surface area contributed by atoms with E-state index in [0.717, 1.165) is 12.3 Å². The molecule has 0 N–H and O–H groups in total. The predicted octanol–water partition coefficient (Wildman–Crippen LogP) is 0.484. The third-order valence-corrected chi connectivity index (χ3v) is 2.04. The molecule has 90 valence electrons. The van der Waals surface area contributed by atoms with E-state index in [1.54, 1.807) is 30.3 Å². The lowest BCUT2D eigenvalue weighted by Gasteiger charge is -1.98. The average Bonchev–Trinajstić information content (AvgIpc) is 2.69. The van der Waals surface area contributed by atoms with E-state index >= 15 is 0 Å². The first-order chi connectivity index (χ1) is 8.66. The second-order valence-electron chi connectivity index (χ2n) is 3.27. The fourth-order valence-corrected chi connectivity index (χ4v) is 1.21. The molecule has 0 aliphatic carbocycles. The van der Waals surface area contributed by atoms with Crippen LogP contribution in [0.3, 0.4) is 0 Å². The molecule has 1 heterocycles. The van der Waals surface area contributed by atoms with Gasteiger partial charge in [0.2, 0.25) is 0 Å². The summed E-state index contributed by atoms with van der Waals surface area (Å²) in [5.41, 5.74) is 0.484. The number of carbonyl (C=O) groups excluding carboxylic acids is 3. The highest BCUT2D eigenvalue weighted by Gasteiger charge is 2.44. The van der Waals surface area contributed by atoms with Gasteiger partial charge in [0.25, 0.3) is 0 Å². The summed E-state index contributed by atoms with van der Waals surface area (Å²) in [6.45, 7) is 0. The molecule has 1 aliphatic heterocycles. The summed E-state index contributed by atoms with van der Waals surface area (Å²) in [6, 6.07) is 8.52. The molecule has 0 bridgehead atoms. The maximum Gasteiger partial charge on any atom is 0.868 e. The van der Waals surface area contributed by atoms with E-state index in [1.165, 1.54) is 0 Å². The van der Waals surface area contributed by atoms with E-state index in [1.807, 2.05) is 0 Å². The molecule has 18 heavy (non-hydrogen) atoms. The fourth-order valence-electron chi connectivity index (χ4n) is 1.21. The van der Waals surface area contributed by atoms with E-state index < -0.39 is 19.3 Å². The molecule has 1 aromatic carbocycles. The summed E-state index contributed by atoms with van der Waals surface area (Å²) >= 11 is 0. The summed E-state index contributed by atoms with van der Waals surface area (Å²) in [5.74, 6) is -2.53. The van der Waals surface area contributed by atoms with Crippen LogP contribution in [0, 0.1) is 0 Å². The van der Waals surface area contributed by atoms with E-state index in [2.05, 4.69) is 9.31 Å². The molecule has 1 saturated heterocycles. The second kappa shape index (κ2) is 5.18. The number of rotatable bonds is 4. The van der Waals surface area contributed by atoms with Crippen molar-refractivity contribution in [2.45, 2.75) is 0 Å². The van der Waals surface area contributed by atoms with Crippen molar-refractivity contribution in [2.24, 2.45) is 0 Å². The van der Waals surface area contributed by atoms with Crippen LogP contribution in [-0.2, 0) is 23.6 Å². The van der Waals surface area contributed by atoms with Gasteiger partial charge >= 0.3 is 19.3 Å². The highest BCUT2D eigenvalue weighted by atomic mass is 16.8. The van der Waals surface area contributed by atoms with E-state index in [4.69, 9.17) is 4.65 Å². The molecule has 0 radical (unpaired) electrons. The first kappa shape index (κ1) is 11.9. The highest BCUT2D eigenvalue weighted by molar-refractivity contribution is 6.55. The summed E-state index contributed by atoms with van der Waals surface area (Å²) in [5, 5.41) is 0. The molecule has 1 aromatic rings. The zero-order chi connectivity index (χ0) is 13.0. The van der Waals surface area contributed by atoms with Crippen molar-refractivity contribution in [1.82, 2.24) is 0 Å². The fraction of sp³-hybridized carbons (Fsp3) is 0. The topological polar surface area (TPSA) is 78.9 Å². The highest BCUT2D eigenvalue weighted by Crippen LogP contribution is 2.05. The summed E-state index contributed by atoms with van der Waals surface area (Å²) in [4.78, 5) is 32.8. The minimum Gasteiger partial charge on any atom is -0.496 e. The van der Waals surface area contributed by atoms with Crippen LogP contribution in [-0.4, -0.2) is 25.0 Å². The standard InChI is InChI=1S/C11H7BO6/c13-9(8-4-2-1-3-5-8)6-7-16-12-17-10(14)11(15)18-12/h1-7H. The molecule has 2 rings (SSSR count). The van der Waals surface area contributed by atoms with Gasteiger partial charge in [-0.25, -0.2) is 9.59 Å². The largest absolute Gasteiger partial charge is 0.868 e. The normalized spacial score (nSPS) is 14.6. The van der Waals surface area contributed by atoms with Gasteiger partial charge in [-0.3, -0.25) is 4.79 Å². The smallest absolute Gasteiger partial charge is 0.496 e. The van der Waals surface area contributed by atoms with Gasteiger partial charge in [0, 0.05) is 11.6 Å². The van der Waals surface area contributed by atoms with Gasteiger partial charge in [-0.1, -0.05) is 30.3 Å². The number of benzene rings is 1. The molecule has 0 aromatic heterocycles. The maximum atomic E-state index is 11.6. The molecule has 0 amide bonds. The SMILES string of the molecule is O=C1OB(OC=CC(=O)c2ccccc2)OC1=O. The Labute approximate surface area is 102 Å².